The van der Waals surface area contributed by atoms with Gasteiger partial charge in [-0.1, -0.05) is 53.0 Å². The standard InChI is InChI=1S/C14H9Cl3N2O2/c15-8-4-1-2-6-10(8)18-13(20)14(21)19-11-7-3-5-9(16)12(11)17/h1-7H,(H,18,20)(H,19,21). The molecule has 2 aromatic carbocycles. The molecule has 2 amide bonds. The molecule has 4 nitrogen and oxygen atoms in total. The van der Waals surface area contributed by atoms with Crippen LogP contribution < -0.4 is 10.6 Å². The number of para-hydroxylation sites is 1. The van der Waals surface area contributed by atoms with E-state index in [-0.39, 0.29) is 15.7 Å². The lowest BCUT2D eigenvalue weighted by Gasteiger charge is -2.09. The summed E-state index contributed by atoms with van der Waals surface area (Å²) in [6, 6.07) is 11.3. The van der Waals surface area contributed by atoms with Crippen molar-refractivity contribution in [2.24, 2.45) is 0 Å². The smallest absolute Gasteiger partial charge is 0.314 e. The maximum absolute atomic E-state index is 11.8. The van der Waals surface area contributed by atoms with Gasteiger partial charge < -0.3 is 10.6 Å². The van der Waals surface area contributed by atoms with Gasteiger partial charge >= 0.3 is 11.8 Å². The van der Waals surface area contributed by atoms with E-state index in [0.29, 0.717) is 10.7 Å². The van der Waals surface area contributed by atoms with Crippen molar-refractivity contribution >= 4 is 58.0 Å². The minimum Gasteiger partial charge on any atom is -0.316 e. The molecule has 7 heteroatoms. The van der Waals surface area contributed by atoms with Gasteiger partial charge in [0.05, 0.1) is 26.4 Å². The first-order chi connectivity index (χ1) is 9.99. The van der Waals surface area contributed by atoms with Gasteiger partial charge in [0.15, 0.2) is 0 Å². The van der Waals surface area contributed by atoms with E-state index in [2.05, 4.69) is 10.6 Å². The Morgan fingerprint density at radius 2 is 1.24 bits per heavy atom. The Balaban J connectivity index is 2.08. The average Bonchev–Trinajstić information content (AvgIpc) is 2.46. The summed E-state index contributed by atoms with van der Waals surface area (Å²) in [6.07, 6.45) is 0. The molecule has 0 unspecified atom stereocenters. The van der Waals surface area contributed by atoms with Crippen molar-refractivity contribution in [2.45, 2.75) is 0 Å². The summed E-state index contributed by atoms with van der Waals surface area (Å²) in [7, 11) is 0. The first-order valence-electron chi connectivity index (χ1n) is 5.80. The Labute approximate surface area is 136 Å². The van der Waals surface area contributed by atoms with Gasteiger partial charge in [-0.3, -0.25) is 9.59 Å². The third-order valence-electron chi connectivity index (χ3n) is 2.53. The molecule has 0 aliphatic heterocycles. The number of benzene rings is 2. The number of nitrogens with one attached hydrogen (secondary N) is 2. The largest absolute Gasteiger partial charge is 0.316 e. The summed E-state index contributed by atoms with van der Waals surface area (Å²) in [6.45, 7) is 0. The van der Waals surface area contributed by atoms with E-state index in [1.54, 1.807) is 36.4 Å². The van der Waals surface area contributed by atoms with Crippen LogP contribution in [0.4, 0.5) is 11.4 Å². The van der Waals surface area contributed by atoms with Crippen LogP contribution in [-0.2, 0) is 9.59 Å². The number of amides is 2. The lowest BCUT2D eigenvalue weighted by Crippen LogP contribution is -2.29. The lowest BCUT2D eigenvalue weighted by molar-refractivity contribution is -0.132. The summed E-state index contributed by atoms with van der Waals surface area (Å²) >= 11 is 17.6. The quantitative estimate of drug-likeness (QED) is 0.802. The second kappa shape index (κ2) is 6.80. The Morgan fingerprint density at radius 3 is 1.90 bits per heavy atom. The van der Waals surface area contributed by atoms with Crippen molar-refractivity contribution in [3.63, 3.8) is 0 Å². The molecule has 0 heterocycles. The van der Waals surface area contributed by atoms with Crippen LogP contribution in [0.1, 0.15) is 0 Å². The van der Waals surface area contributed by atoms with Crippen LogP contribution in [0.2, 0.25) is 15.1 Å². The number of hydrogen-bond acceptors (Lipinski definition) is 2. The summed E-state index contributed by atoms with van der Waals surface area (Å²) < 4.78 is 0. The molecule has 0 radical (unpaired) electrons. The second-order valence-corrected chi connectivity index (χ2v) is 5.18. The Hall–Kier alpha value is -1.75. The Morgan fingerprint density at radius 1 is 0.714 bits per heavy atom. The van der Waals surface area contributed by atoms with Crippen LogP contribution in [0.3, 0.4) is 0 Å². The molecule has 0 aromatic heterocycles. The maximum atomic E-state index is 11.8. The number of rotatable bonds is 2. The van der Waals surface area contributed by atoms with Gasteiger partial charge in [0.25, 0.3) is 0 Å². The molecule has 0 atom stereocenters. The van der Waals surface area contributed by atoms with E-state index >= 15 is 0 Å². The van der Waals surface area contributed by atoms with E-state index in [1.807, 2.05) is 0 Å². The predicted molar refractivity (Wildman–Crippen MR) is 85.2 cm³/mol. The molecular formula is C14H9Cl3N2O2. The fourth-order valence-electron chi connectivity index (χ4n) is 1.52. The van der Waals surface area contributed by atoms with E-state index in [1.165, 1.54) is 6.07 Å². The van der Waals surface area contributed by atoms with Crippen molar-refractivity contribution in [1.29, 1.82) is 0 Å². The SMILES string of the molecule is O=C(Nc1ccccc1Cl)C(=O)Nc1cccc(Cl)c1Cl. The van der Waals surface area contributed by atoms with E-state index < -0.39 is 11.8 Å². The van der Waals surface area contributed by atoms with Crippen molar-refractivity contribution in [1.82, 2.24) is 0 Å². The van der Waals surface area contributed by atoms with Crippen LogP contribution in [0, 0.1) is 0 Å². The molecule has 0 fully saturated rings. The summed E-state index contributed by atoms with van der Waals surface area (Å²) in [4.78, 5) is 23.6. The van der Waals surface area contributed by atoms with Crippen molar-refractivity contribution in [3.05, 3.63) is 57.5 Å². The molecule has 21 heavy (non-hydrogen) atoms. The van der Waals surface area contributed by atoms with E-state index in [0.717, 1.165) is 0 Å². The number of hydrogen-bond donors (Lipinski definition) is 2. The molecule has 0 aliphatic carbocycles. The van der Waals surface area contributed by atoms with E-state index in [9.17, 15) is 9.59 Å². The molecule has 108 valence electrons. The number of carbonyl (C=O) groups excluding carboxylic acids is 2. The van der Waals surface area contributed by atoms with Gasteiger partial charge in [0.2, 0.25) is 0 Å². The zero-order valence-electron chi connectivity index (χ0n) is 10.5. The minimum absolute atomic E-state index is 0.165. The van der Waals surface area contributed by atoms with Crippen LogP contribution >= 0.6 is 34.8 Å². The van der Waals surface area contributed by atoms with Crippen molar-refractivity contribution < 1.29 is 9.59 Å². The fourth-order valence-corrected chi connectivity index (χ4v) is 2.05. The number of anilines is 2. The van der Waals surface area contributed by atoms with Crippen LogP contribution in [0.15, 0.2) is 42.5 Å². The average molecular weight is 344 g/mol. The van der Waals surface area contributed by atoms with Crippen LogP contribution in [0.5, 0.6) is 0 Å². The third kappa shape index (κ3) is 3.88. The summed E-state index contributed by atoms with van der Waals surface area (Å²) in [5, 5.41) is 5.56. The zero-order chi connectivity index (χ0) is 15.4. The topological polar surface area (TPSA) is 58.2 Å². The van der Waals surface area contributed by atoms with Crippen LogP contribution in [-0.4, -0.2) is 11.8 Å². The molecule has 2 rings (SSSR count). The van der Waals surface area contributed by atoms with Gasteiger partial charge in [0, 0.05) is 0 Å². The van der Waals surface area contributed by atoms with Crippen molar-refractivity contribution in [2.75, 3.05) is 10.6 Å². The summed E-state index contributed by atoms with van der Waals surface area (Å²) in [5.41, 5.74) is 0.597. The Bertz CT molecular complexity index is 704. The molecule has 0 saturated heterocycles. The highest BCUT2D eigenvalue weighted by Crippen LogP contribution is 2.29. The highest BCUT2D eigenvalue weighted by atomic mass is 35.5. The molecule has 0 spiro atoms. The molecule has 0 saturated carbocycles. The number of carbonyl (C=O) groups is 2. The number of halogens is 3. The van der Waals surface area contributed by atoms with Gasteiger partial charge in [-0.15, -0.1) is 0 Å². The fraction of sp³-hybridized carbons (Fsp3) is 0. The third-order valence-corrected chi connectivity index (χ3v) is 3.68. The highest BCUT2D eigenvalue weighted by molar-refractivity contribution is 6.47. The summed E-state index contributed by atoms with van der Waals surface area (Å²) in [5.74, 6) is -1.74. The predicted octanol–water partition coefficient (Wildman–Crippen LogP) is 4.22. The first-order valence-corrected chi connectivity index (χ1v) is 6.93. The first kappa shape index (κ1) is 15.6. The van der Waals surface area contributed by atoms with Gasteiger partial charge in [-0.2, -0.15) is 0 Å². The monoisotopic (exact) mass is 342 g/mol. The van der Waals surface area contributed by atoms with Crippen LogP contribution in [0.25, 0.3) is 0 Å². The molecule has 0 bridgehead atoms. The lowest BCUT2D eigenvalue weighted by atomic mass is 10.3. The molecule has 0 aliphatic rings. The van der Waals surface area contributed by atoms with E-state index in [4.69, 9.17) is 34.8 Å². The second-order valence-electron chi connectivity index (χ2n) is 3.99. The highest BCUT2D eigenvalue weighted by Gasteiger charge is 2.17. The maximum Gasteiger partial charge on any atom is 0.314 e. The normalized spacial score (nSPS) is 10.0. The minimum atomic E-state index is -0.876. The van der Waals surface area contributed by atoms with Gasteiger partial charge in [-0.25, -0.2) is 0 Å². The Kier molecular flexibility index (Phi) is 5.07. The zero-order valence-corrected chi connectivity index (χ0v) is 12.8. The van der Waals surface area contributed by atoms with Gasteiger partial charge in [-0.05, 0) is 24.3 Å². The molecule has 2 N–H and O–H groups in total. The van der Waals surface area contributed by atoms with Crippen molar-refractivity contribution in [3.8, 4) is 0 Å². The molecular weight excluding hydrogens is 335 g/mol. The molecule has 2 aromatic rings. The van der Waals surface area contributed by atoms with Gasteiger partial charge in [0.1, 0.15) is 0 Å².